The molecule has 0 atom stereocenters. The fourth-order valence-electron chi connectivity index (χ4n) is 1.90. The van der Waals surface area contributed by atoms with Gasteiger partial charge in [0.15, 0.2) is 0 Å². The van der Waals surface area contributed by atoms with Crippen molar-refractivity contribution in [3.05, 3.63) is 34.9 Å². The first-order valence-electron chi connectivity index (χ1n) is 5.19. The van der Waals surface area contributed by atoms with Crippen LogP contribution in [-0.4, -0.2) is 9.66 Å². The number of hydrogen-bond donors (Lipinski definition) is 0. The molecule has 0 aromatic heterocycles. The number of nitrogens with zero attached hydrogens (tertiary/aromatic N) is 1. The van der Waals surface area contributed by atoms with E-state index < -0.39 is 0 Å². The van der Waals surface area contributed by atoms with E-state index in [1.165, 1.54) is 24.1 Å². The summed E-state index contributed by atoms with van der Waals surface area (Å²) in [4.78, 5) is 0. The molecule has 1 aliphatic rings. The lowest BCUT2D eigenvalue weighted by Crippen LogP contribution is -2.21. The van der Waals surface area contributed by atoms with Gasteiger partial charge in [-0.25, -0.2) is 3.11 Å². The van der Waals surface area contributed by atoms with Gasteiger partial charge in [0.1, 0.15) is 0 Å². The van der Waals surface area contributed by atoms with Crippen molar-refractivity contribution in [1.82, 2.24) is 3.11 Å². The van der Waals surface area contributed by atoms with Crippen molar-refractivity contribution in [2.45, 2.75) is 32.7 Å². The summed E-state index contributed by atoms with van der Waals surface area (Å²) < 4.78 is 2.36. The number of benzene rings is 1. The minimum absolute atomic E-state index is 0.651. The van der Waals surface area contributed by atoms with Gasteiger partial charge in [-0.15, -0.1) is 0 Å². The Labute approximate surface area is 100.0 Å². The van der Waals surface area contributed by atoms with E-state index in [-0.39, 0.29) is 0 Å². The zero-order valence-electron chi connectivity index (χ0n) is 8.76. The highest BCUT2D eigenvalue weighted by Crippen LogP contribution is 2.25. The van der Waals surface area contributed by atoms with Crippen molar-refractivity contribution in [2.75, 3.05) is 6.54 Å². The second-order valence-electron chi connectivity index (χ2n) is 4.28. The summed E-state index contributed by atoms with van der Waals surface area (Å²) in [6, 6.07) is 6.97. The summed E-state index contributed by atoms with van der Waals surface area (Å²) in [5, 5.41) is 0. The topological polar surface area (TPSA) is 3.24 Å². The fourth-order valence-corrected chi connectivity index (χ4v) is 2.51. The van der Waals surface area contributed by atoms with Gasteiger partial charge in [0, 0.05) is 36.0 Å². The van der Waals surface area contributed by atoms with Crippen molar-refractivity contribution >= 4 is 22.9 Å². The van der Waals surface area contributed by atoms with E-state index in [0.717, 1.165) is 6.54 Å². The summed E-state index contributed by atoms with van der Waals surface area (Å²) in [5.74, 6) is 0.651. The zero-order chi connectivity index (χ0) is 10.1. The second-order valence-corrected chi connectivity index (χ2v) is 5.64. The van der Waals surface area contributed by atoms with Gasteiger partial charge < -0.3 is 0 Å². The van der Waals surface area contributed by atoms with Gasteiger partial charge in [-0.05, 0) is 29.0 Å². The third-order valence-electron chi connectivity index (χ3n) is 2.86. The Kier molecular flexibility index (Phi) is 3.12. The SMILES string of the molecule is CC(C)c1ccc2c(c1)CCN(I)C2. The molecule has 0 fully saturated rings. The summed E-state index contributed by atoms with van der Waals surface area (Å²) in [5.41, 5.74) is 4.55. The maximum atomic E-state index is 2.41. The van der Waals surface area contributed by atoms with Crippen LogP contribution in [0, 0.1) is 0 Å². The minimum Gasteiger partial charge on any atom is -0.243 e. The highest BCUT2D eigenvalue weighted by atomic mass is 127. The molecular formula is C12H16IN. The molecular weight excluding hydrogens is 285 g/mol. The smallest absolute Gasteiger partial charge is 0.0335 e. The van der Waals surface area contributed by atoms with Crippen LogP contribution in [0.2, 0.25) is 0 Å². The monoisotopic (exact) mass is 301 g/mol. The largest absolute Gasteiger partial charge is 0.243 e. The van der Waals surface area contributed by atoms with Gasteiger partial charge in [-0.3, -0.25) is 0 Å². The summed E-state index contributed by atoms with van der Waals surface area (Å²) in [6.45, 7) is 6.81. The molecule has 1 nitrogen and oxygen atoms in total. The van der Waals surface area contributed by atoms with Crippen molar-refractivity contribution in [3.8, 4) is 0 Å². The lowest BCUT2D eigenvalue weighted by atomic mass is 9.94. The van der Waals surface area contributed by atoms with Gasteiger partial charge in [0.25, 0.3) is 0 Å². The third kappa shape index (κ3) is 2.11. The van der Waals surface area contributed by atoms with Crippen molar-refractivity contribution in [1.29, 1.82) is 0 Å². The first-order valence-corrected chi connectivity index (χ1v) is 6.15. The average Bonchev–Trinajstić information content (AvgIpc) is 2.16. The molecule has 1 aromatic carbocycles. The van der Waals surface area contributed by atoms with Crippen LogP contribution < -0.4 is 0 Å². The third-order valence-corrected chi connectivity index (χ3v) is 3.69. The molecule has 0 spiro atoms. The Balaban J connectivity index is 2.31. The summed E-state index contributed by atoms with van der Waals surface area (Å²) in [6.07, 6.45) is 1.21. The highest BCUT2D eigenvalue weighted by Gasteiger charge is 2.14. The lowest BCUT2D eigenvalue weighted by Gasteiger charge is -2.24. The molecule has 14 heavy (non-hydrogen) atoms. The predicted molar refractivity (Wildman–Crippen MR) is 68.7 cm³/mol. The molecule has 1 aromatic rings. The average molecular weight is 301 g/mol. The first kappa shape index (κ1) is 10.4. The standard InChI is InChI=1S/C12H16IN/c1-9(2)10-3-4-12-8-14(13)6-5-11(12)7-10/h3-4,7,9H,5-6,8H2,1-2H3. The molecule has 0 N–H and O–H groups in total. The van der Waals surface area contributed by atoms with Gasteiger partial charge in [-0.1, -0.05) is 32.0 Å². The van der Waals surface area contributed by atoms with Crippen LogP contribution in [0.15, 0.2) is 18.2 Å². The molecule has 0 aliphatic carbocycles. The molecule has 2 rings (SSSR count). The minimum atomic E-state index is 0.651. The molecule has 76 valence electrons. The van der Waals surface area contributed by atoms with E-state index in [2.05, 4.69) is 58.0 Å². The molecule has 0 saturated heterocycles. The number of fused-ring (bicyclic) bond motifs is 1. The summed E-state index contributed by atoms with van der Waals surface area (Å²) >= 11 is 2.41. The second kappa shape index (κ2) is 4.19. The Morgan fingerprint density at radius 1 is 1.29 bits per heavy atom. The highest BCUT2D eigenvalue weighted by molar-refractivity contribution is 14.1. The van der Waals surface area contributed by atoms with Crippen LogP contribution in [0.5, 0.6) is 0 Å². The van der Waals surface area contributed by atoms with E-state index in [4.69, 9.17) is 0 Å². The molecule has 2 heteroatoms. The molecule has 0 radical (unpaired) electrons. The molecule has 0 amide bonds. The number of hydrogen-bond acceptors (Lipinski definition) is 1. The van der Waals surface area contributed by atoms with Gasteiger partial charge in [-0.2, -0.15) is 0 Å². The van der Waals surface area contributed by atoms with Gasteiger partial charge in [0.05, 0.1) is 0 Å². The maximum absolute atomic E-state index is 2.41. The van der Waals surface area contributed by atoms with E-state index >= 15 is 0 Å². The molecule has 0 bridgehead atoms. The quantitative estimate of drug-likeness (QED) is 0.567. The van der Waals surface area contributed by atoms with E-state index in [1.807, 2.05) is 0 Å². The normalized spacial score (nSPS) is 17.1. The van der Waals surface area contributed by atoms with Crippen LogP contribution in [0.1, 0.15) is 36.5 Å². The first-order chi connectivity index (χ1) is 6.66. The van der Waals surface area contributed by atoms with Crippen LogP contribution in [0.3, 0.4) is 0 Å². The number of rotatable bonds is 1. The van der Waals surface area contributed by atoms with Crippen LogP contribution in [-0.2, 0) is 13.0 Å². The summed E-state index contributed by atoms with van der Waals surface area (Å²) in [7, 11) is 0. The Morgan fingerprint density at radius 3 is 2.79 bits per heavy atom. The maximum Gasteiger partial charge on any atom is 0.0335 e. The van der Waals surface area contributed by atoms with E-state index in [0.29, 0.717) is 5.92 Å². The van der Waals surface area contributed by atoms with E-state index in [9.17, 15) is 0 Å². The van der Waals surface area contributed by atoms with Gasteiger partial charge in [0.2, 0.25) is 0 Å². The van der Waals surface area contributed by atoms with Crippen molar-refractivity contribution in [2.24, 2.45) is 0 Å². The Hall–Kier alpha value is -0.0900. The van der Waals surface area contributed by atoms with Crippen LogP contribution in [0.25, 0.3) is 0 Å². The Morgan fingerprint density at radius 2 is 2.07 bits per heavy atom. The Bertz CT molecular complexity index is 333. The van der Waals surface area contributed by atoms with Crippen LogP contribution in [0.4, 0.5) is 0 Å². The molecule has 1 heterocycles. The lowest BCUT2D eigenvalue weighted by molar-refractivity contribution is 0.480. The predicted octanol–water partition coefficient (Wildman–Crippen LogP) is 3.52. The molecule has 1 aliphatic heterocycles. The van der Waals surface area contributed by atoms with Crippen LogP contribution >= 0.6 is 22.9 Å². The fraction of sp³-hybridized carbons (Fsp3) is 0.500. The molecule has 0 unspecified atom stereocenters. The van der Waals surface area contributed by atoms with Crippen molar-refractivity contribution < 1.29 is 0 Å². The molecule has 0 saturated carbocycles. The van der Waals surface area contributed by atoms with Crippen molar-refractivity contribution in [3.63, 3.8) is 0 Å². The van der Waals surface area contributed by atoms with E-state index in [1.54, 1.807) is 5.56 Å². The zero-order valence-corrected chi connectivity index (χ0v) is 10.9. The van der Waals surface area contributed by atoms with Gasteiger partial charge >= 0.3 is 0 Å². The number of halogens is 1.